The Labute approximate surface area is 116 Å². The molecule has 104 valence electrons. The summed E-state index contributed by atoms with van der Waals surface area (Å²) in [4.78, 5) is 9.97. The Morgan fingerprint density at radius 1 is 1.25 bits per heavy atom. The number of hydrogen-bond acceptors (Lipinski definition) is 3. The summed E-state index contributed by atoms with van der Waals surface area (Å²) in [7, 11) is 0. The first-order valence-electron chi connectivity index (χ1n) is 6.22. The van der Waals surface area contributed by atoms with Gasteiger partial charge in [0.05, 0.1) is 4.92 Å². The molecule has 5 heteroatoms. The van der Waals surface area contributed by atoms with Gasteiger partial charge in [0, 0.05) is 23.9 Å². The standard InChI is InChI=1S/C15H15FN2O2/c1-10-6-7-13(11(2)8-10)17-9-12-4-3-5-14(15(12)16)18(19)20/h3-8,17H,9H2,1-2H3. The molecule has 0 saturated carbocycles. The first kappa shape index (κ1) is 14.0. The molecule has 2 aromatic carbocycles. The van der Waals surface area contributed by atoms with Gasteiger partial charge in [-0.2, -0.15) is 4.39 Å². The first-order chi connectivity index (χ1) is 9.49. The molecule has 0 fully saturated rings. The summed E-state index contributed by atoms with van der Waals surface area (Å²) in [5.74, 6) is -0.783. The van der Waals surface area contributed by atoms with Crippen molar-refractivity contribution >= 4 is 11.4 Å². The second-order valence-corrected chi connectivity index (χ2v) is 4.68. The maximum atomic E-state index is 13.9. The normalized spacial score (nSPS) is 10.3. The summed E-state index contributed by atoms with van der Waals surface area (Å²) in [6.07, 6.45) is 0. The molecule has 0 bridgehead atoms. The van der Waals surface area contributed by atoms with E-state index in [4.69, 9.17) is 0 Å². The first-order valence-corrected chi connectivity index (χ1v) is 6.22. The van der Waals surface area contributed by atoms with E-state index in [1.807, 2.05) is 32.0 Å². The molecule has 2 rings (SSSR count). The number of halogens is 1. The van der Waals surface area contributed by atoms with Crippen molar-refractivity contribution in [3.05, 3.63) is 69.0 Å². The molecular formula is C15H15FN2O2. The quantitative estimate of drug-likeness (QED) is 0.678. The van der Waals surface area contributed by atoms with E-state index in [1.165, 1.54) is 6.07 Å². The molecule has 0 aliphatic rings. The average Bonchev–Trinajstić information content (AvgIpc) is 2.39. The highest BCUT2D eigenvalue weighted by molar-refractivity contribution is 5.52. The number of nitro groups is 1. The number of rotatable bonds is 4. The van der Waals surface area contributed by atoms with Crippen LogP contribution in [0.25, 0.3) is 0 Å². The van der Waals surface area contributed by atoms with Crippen LogP contribution >= 0.6 is 0 Å². The van der Waals surface area contributed by atoms with E-state index in [2.05, 4.69) is 5.32 Å². The molecule has 0 heterocycles. The van der Waals surface area contributed by atoms with Crippen LogP contribution in [0.1, 0.15) is 16.7 Å². The van der Waals surface area contributed by atoms with Crippen molar-refractivity contribution in [1.29, 1.82) is 0 Å². The number of nitro benzene ring substituents is 1. The van der Waals surface area contributed by atoms with Crippen molar-refractivity contribution < 1.29 is 9.31 Å². The van der Waals surface area contributed by atoms with Gasteiger partial charge < -0.3 is 5.32 Å². The van der Waals surface area contributed by atoms with Crippen LogP contribution in [0.15, 0.2) is 36.4 Å². The summed E-state index contributed by atoms with van der Waals surface area (Å²) < 4.78 is 13.9. The van der Waals surface area contributed by atoms with Crippen LogP contribution in [0, 0.1) is 29.8 Å². The van der Waals surface area contributed by atoms with Crippen LogP contribution in [-0.2, 0) is 6.54 Å². The molecule has 2 aromatic rings. The van der Waals surface area contributed by atoms with E-state index >= 15 is 0 Å². The Hall–Kier alpha value is -2.43. The number of nitrogens with zero attached hydrogens (tertiary/aromatic N) is 1. The maximum Gasteiger partial charge on any atom is 0.305 e. The Morgan fingerprint density at radius 2 is 2.00 bits per heavy atom. The van der Waals surface area contributed by atoms with Crippen molar-refractivity contribution in [3.8, 4) is 0 Å². The lowest BCUT2D eigenvalue weighted by Gasteiger charge is -2.11. The van der Waals surface area contributed by atoms with Gasteiger partial charge in [-0.1, -0.05) is 29.8 Å². The Kier molecular flexibility index (Phi) is 3.98. The van der Waals surface area contributed by atoms with Gasteiger partial charge in [-0.3, -0.25) is 10.1 Å². The average molecular weight is 274 g/mol. The molecule has 0 aromatic heterocycles. The Morgan fingerprint density at radius 3 is 2.65 bits per heavy atom. The minimum absolute atomic E-state index is 0.206. The van der Waals surface area contributed by atoms with Gasteiger partial charge in [0.1, 0.15) is 0 Å². The lowest BCUT2D eigenvalue weighted by molar-refractivity contribution is -0.387. The smallest absolute Gasteiger partial charge is 0.305 e. The second kappa shape index (κ2) is 5.69. The summed E-state index contributed by atoms with van der Waals surface area (Å²) in [6.45, 7) is 4.16. The zero-order chi connectivity index (χ0) is 14.7. The number of nitrogens with one attached hydrogen (secondary N) is 1. The predicted octanol–water partition coefficient (Wildman–Crippen LogP) is 3.96. The topological polar surface area (TPSA) is 55.2 Å². The van der Waals surface area contributed by atoms with Crippen molar-refractivity contribution in [2.24, 2.45) is 0 Å². The molecule has 0 unspecified atom stereocenters. The van der Waals surface area contributed by atoms with Crippen molar-refractivity contribution in [1.82, 2.24) is 0 Å². The van der Waals surface area contributed by atoms with E-state index in [0.29, 0.717) is 0 Å². The van der Waals surface area contributed by atoms with Gasteiger partial charge >= 0.3 is 5.69 Å². The molecule has 0 aliphatic carbocycles. The van der Waals surface area contributed by atoms with Crippen molar-refractivity contribution in [2.45, 2.75) is 20.4 Å². The van der Waals surface area contributed by atoms with Crippen LogP contribution in [-0.4, -0.2) is 4.92 Å². The molecule has 1 N–H and O–H groups in total. The molecular weight excluding hydrogens is 259 g/mol. The molecule has 0 saturated heterocycles. The number of hydrogen-bond donors (Lipinski definition) is 1. The van der Waals surface area contributed by atoms with E-state index in [9.17, 15) is 14.5 Å². The van der Waals surface area contributed by atoms with Gasteiger partial charge in [0.2, 0.25) is 5.82 Å². The Bertz CT molecular complexity index is 656. The summed E-state index contributed by atoms with van der Waals surface area (Å²) in [5, 5.41) is 13.8. The lowest BCUT2D eigenvalue weighted by Crippen LogP contribution is -2.05. The number of aryl methyl sites for hydroxylation is 2. The third kappa shape index (κ3) is 2.93. The van der Waals surface area contributed by atoms with Crippen molar-refractivity contribution in [2.75, 3.05) is 5.32 Å². The van der Waals surface area contributed by atoms with Gasteiger partial charge in [-0.15, -0.1) is 0 Å². The second-order valence-electron chi connectivity index (χ2n) is 4.68. The molecule has 0 amide bonds. The predicted molar refractivity (Wildman–Crippen MR) is 76.3 cm³/mol. The molecule has 0 spiro atoms. The largest absolute Gasteiger partial charge is 0.381 e. The fraction of sp³-hybridized carbons (Fsp3) is 0.200. The van der Waals surface area contributed by atoms with Crippen molar-refractivity contribution in [3.63, 3.8) is 0 Å². The SMILES string of the molecule is Cc1ccc(NCc2cccc([N+](=O)[O-])c2F)c(C)c1. The highest BCUT2D eigenvalue weighted by Crippen LogP contribution is 2.22. The van der Waals surface area contributed by atoms with Gasteiger partial charge in [-0.05, 0) is 25.5 Å². The van der Waals surface area contributed by atoms with E-state index in [1.54, 1.807) is 6.07 Å². The highest BCUT2D eigenvalue weighted by Gasteiger charge is 2.16. The minimum Gasteiger partial charge on any atom is -0.381 e. The summed E-state index contributed by atoms with van der Waals surface area (Å²) in [5.41, 5.74) is 2.87. The van der Waals surface area contributed by atoms with E-state index in [0.717, 1.165) is 22.9 Å². The third-order valence-corrected chi connectivity index (χ3v) is 3.11. The van der Waals surface area contributed by atoms with Crippen LogP contribution in [0.5, 0.6) is 0 Å². The molecule has 0 aliphatic heterocycles. The summed E-state index contributed by atoms with van der Waals surface area (Å²) >= 11 is 0. The Balaban J connectivity index is 2.19. The molecule has 0 atom stereocenters. The number of benzene rings is 2. The van der Waals surface area contributed by atoms with Crippen LogP contribution < -0.4 is 5.32 Å². The van der Waals surface area contributed by atoms with Gasteiger partial charge in [0.15, 0.2) is 0 Å². The third-order valence-electron chi connectivity index (χ3n) is 3.11. The van der Waals surface area contributed by atoms with Crippen LogP contribution in [0.2, 0.25) is 0 Å². The molecule has 0 radical (unpaired) electrons. The maximum absolute atomic E-state index is 13.9. The summed E-state index contributed by atoms with van der Waals surface area (Å²) in [6, 6.07) is 10.1. The molecule has 20 heavy (non-hydrogen) atoms. The monoisotopic (exact) mass is 274 g/mol. The van der Waals surface area contributed by atoms with Crippen LogP contribution in [0.3, 0.4) is 0 Å². The number of anilines is 1. The fourth-order valence-corrected chi connectivity index (χ4v) is 2.05. The fourth-order valence-electron chi connectivity index (χ4n) is 2.05. The van der Waals surface area contributed by atoms with Crippen LogP contribution in [0.4, 0.5) is 15.8 Å². The van der Waals surface area contributed by atoms with E-state index in [-0.39, 0.29) is 12.1 Å². The lowest BCUT2D eigenvalue weighted by atomic mass is 10.1. The van der Waals surface area contributed by atoms with E-state index < -0.39 is 16.4 Å². The molecule has 4 nitrogen and oxygen atoms in total. The minimum atomic E-state index is -0.783. The highest BCUT2D eigenvalue weighted by atomic mass is 19.1. The zero-order valence-electron chi connectivity index (χ0n) is 11.3. The van der Waals surface area contributed by atoms with Gasteiger partial charge in [-0.25, -0.2) is 0 Å². The van der Waals surface area contributed by atoms with Gasteiger partial charge in [0.25, 0.3) is 0 Å². The zero-order valence-corrected chi connectivity index (χ0v) is 11.3.